The molecule has 1 rings (SSSR count). The molecule has 6 nitrogen and oxygen atoms in total. The summed E-state index contributed by atoms with van der Waals surface area (Å²) in [4.78, 5) is 13.7. The van der Waals surface area contributed by atoms with Crippen molar-refractivity contribution in [1.82, 2.24) is 0 Å². The summed E-state index contributed by atoms with van der Waals surface area (Å²) in [7, 11) is 2.49. The fourth-order valence-electron chi connectivity index (χ4n) is 1.21. The highest BCUT2D eigenvalue weighted by atomic mass is 19.1. The van der Waals surface area contributed by atoms with E-state index < -0.39 is 11.8 Å². The first kappa shape index (κ1) is 13.5. The fraction of sp³-hybridized carbons (Fsp3) is 0.182. The van der Waals surface area contributed by atoms with Crippen LogP contribution in [-0.2, 0) is 9.53 Å². The van der Waals surface area contributed by atoms with Gasteiger partial charge in [-0.2, -0.15) is 0 Å². The third kappa shape index (κ3) is 3.23. The number of rotatable bonds is 4. The van der Waals surface area contributed by atoms with E-state index >= 15 is 0 Å². The summed E-state index contributed by atoms with van der Waals surface area (Å²) in [5.74, 6) is -1.31. The Kier molecular flexibility index (Phi) is 4.71. The van der Waals surface area contributed by atoms with Crippen molar-refractivity contribution < 1.29 is 18.7 Å². The lowest BCUT2D eigenvalue weighted by molar-refractivity contribution is -0.136. The number of halogens is 1. The van der Waals surface area contributed by atoms with Crippen molar-refractivity contribution in [3.05, 3.63) is 45.7 Å². The summed E-state index contributed by atoms with van der Waals surface area (Å²) in [6.45, 7) is 0. The van der Waals surface area contributed by atoms with Gasteiger partial charge in [-0.1, -0.05) is 11.2 Å². The molecule has 0 saturated carbocycles. The zero-order chi connectivity index (χ0) is 13.5. The summed E-state index contributed by atoms with van der Waals surface area (Å²) in [5.41, 5.74) is 8.40. The third-order valence-electron chi connectivity index (χ3n) is 2.03. The van der Waals surface area contributed by atoms with Crippen LogP contribution in [0.4, 0.5) is 4.39 Å². The van der Waals surface area contributed by atoms with Crippen molar-refractivity contribution >= 4 is 12.0 Å². The van der Waals surface area contributed by atoms with Gasteiger partial charge in [0.25, 0.3) is 0 Å². The first-order chi connectivity index (χ1) is 8.62. The minimum Gasteiger partial charge on any atom is -0.494 e. The summed E-state index contributed by atoms with van der Waals surface area (Å²) in [6, 6.07) is 4.05. The van der Waals surface area contributed by atoms with E-state index in [1.165, 1.54) is 25.3 Å². The van der Waals surface area contributed by atoms with Crippen molar-refractivity contribution in [2.75, 3.05) is 14.2 Å². The molecule has 18 heavy (non-hydrogen) atoms. The number of esters is 1. The molecule has 1 aromatic carbocycles. The molecule has 0 aromatic heterocycles. The molecule has 0 atom stereocenters. The Balaban J connectivity index is 3.16. The van der Waals surface area contributed by atoms with Gasteiger partial charge >= 0.3 is 5.97 Å². The molecular formula is C11H10FN3O3. The van der Waals surface area contributed by atoms with Crippen LogP contribution in [0.5, 0.6) is 5.75 Å². The number of carbonyl (C=O) groups excluding carboxylic acids is 1. The molecule has 0 aliphatic carbocycles. The van der Waals surface area contributed by atoms with Crippen LogP contribution in [0.2, 0.25) is 0 Å². The highest BCUT2D eigenvalue weighted by molar-refractivity contribution is 5.93. The molecule has 0 spiro atoms. The van der Waals surface area contributed by atoms with Gasteiger partial charge in [-0.3, -0.25) is 0 Å². The molecular weight excluding hydrogens is 241 g/mol. The highest BCUT2D eigenvalue weighted by Crippen LogP contribution is 2.19. The Morgan fingerprint density at radius 2 is 2.22 bits per heavy atom. The van der Waals surface area contributed by atoms with Gasteiger partial charge in [0.05, 0.1) is 14.2 Å². The number of azide groups is 1. The Morgan fingerprint density at radius 1 is 1.50 bits per heavy atom. The van der Waals surface area contributed by atoms with E-state index in [-0.39, 0.29) is 11.4 Å². The lowest BCUT2D eigenvalue weighted by Crippen LogP contribution is -2.02. The average Bonchev–Trinajstić information content (AvgIpc) is 2.37. The average molecular weight is 251 g/mol. The summed E-state index contributed by atoms with van der Waals surface area (Å²) in [5, 5.41) is 3.18. The molecule has 0 unspecified atom stereocenters. The minimum atomic E-state index is -0.802. The maximum Gasteiger partial charge on any atom is 0.340 e. The molecule has 0 N–H and O–H groups in total. The second-order valence-electron chi connectivity index (χ2n) is 3.10. The molecule has 0 saturated heterocycles. The van der Waals surface area contributed by atoms with E-state index in [1.54, 1.807) is 0 Å². The largest absolute Gasteiger partial charge is 0.494 e. The monoisotopic (exact) mass is 251 g/mol. The van der Waals surface area contributed by atoms with E-state index in [1.807, 2.05) is 0 Å². The van der Waals surface area contributed by atoms with Crippen LogP contribution in [0, 0.1) is 5.82 Å². The SMILES string of the molecule is COC(=O)C(=Cc1ccc(OC)c(F)c1)N=[N+]=[N-]. The minimum absolute atomic E-state index is 0.0792. The van der Waals surface area contributed by atoms with Gasteiger partial charge in [0, 0.05) is 4.91 Å². The van der Waals surface area contributed by atoms with Crippen LogP contribution >= 0.6 is 0 Å². The number of hydrogen-bond donors (Lipinski definition) is 0. The van der Waals surface area contributed by atoms with Gasteiger partial charge in [0.2, 0.25) is 0 Å². The predicted molar refractivity (Wildman–Crippen MR) is 62.1 cm³/mol. The van der Waals surface area contributed by atoms with E-state index in [0.29, 0.717) is 5.56 Å². The van der Waals surface area contributed by atoms with E-state index in [2.05, 4.69) is 14.8 Å². The zero-order valence-electron chi connectivity index (χ0n) is 9.75. The number of benzene rings is 1. The van der Waals surface area contributed by atoms with Crippen LogP contribution in [0.25, 0.3) is 16.5 Å². The first-order valence-electron chi connectivity index (χ1n) is 4.81. The maximum absolute atomic E-state index is 13.4. The fourth-order valence-corrected chi connectivity index (χ4v) is 1.21. The number of nitrogens with zero attached hydrogens (tertiary/aromatic N) is 3. The van der Waals surface area contributed by atoms with Gasteiger partial charge in [0.15, 0.2) is 11.6 Å². The molecule has 0 aliphatic rings. The van der Waals surface area contributed by atoms with Crippen LogP contribution in [0.1, 0.15) is 5.56 Å². The van der Waals surface area contributed by atoms with Gasteiger partial charge in [-0.15, -0.1) is 0 Å². The van der Waals surface area contributed by atoms with Crippen molar-refractivity contribution in [1.29, 1.82) is 0 Å². The standard InChI is InChI=1S/C11H10FN3O3/c1-17-10-4-3-7(5-8(10)12)6-9(14-15-13)11(16)18-2/h3-6H,1-2H3. The van der Waals surface area contributed by atoms with Gasteiger partial charge in [0.1, 0.15) is 5.70 Å². The predicted octanol–water partition coefficient (Wildman–Crippen LogP) is 2.66. The Morgan fingerprint density at radius 3 is 2.72 bits per heavy atom. The summed E-state index contributed by atoms with van der Waals surface area (Å²) in [6.07, 6.45) is 1.22. The van der Waals surface area contributed by atoms with Crippen LogP contribution < -0.4 is 4.74 Å². The molecule has 1 aromatic rings. The van der Waals surface area contributed by atoms with E-state index in [0.717, 1.165) is 13.2 Å². The molecule has 0 radical (unpaired) electrons. The Hall–Kier alpha value is -2.53. The lowest BCUT2D eigenvalue weighted by atomic mass is 10.2. The molecule has 0 fully saturated rings. The topological polar surface area (TPSA) is 84.3 Å². The normalized spacial score (nSPS) is 10.5. The number of ether oxygens (including phenoxy) is 2. The number of carbonyl (C=O) groups is 1. The third-order valence-corrected chi connectivity index (χ3v) is 2.03. The Labute approximate surface area is 102 Å². The lowest BCUT2D eigenvalue weighted by Gasteiger charge is -2.03. The molecule has 7 heteroatoms. The second kappa shape index (κ2) is 6.27. The quantitative estimate of drug-likeness (QED) is 0.271. The van der Waals surface area contributed by atoms with Crippen molar-refractivity contribution in [3.8, 4) is 5.75 Å². The molecule has 0 bridgehead atoms. The van der Waals surface area contributed by atoms with Crippen LogP contribution in [0.3, 0.4) is 0 Å². The zero-order valence-corrected chi connectivity index (χ0v) is 9.75. The van der Waals surface area contributed by atoms with Gasteiger partial charge < -0.3 is 9.47 Å². The Bertz CT molecular complexity index is 536. The molecule has 0 amide bonds. The van der Waals surface area contributed by atoms with Crippen molar-refractivity contribution in [2.24, 2.45) is 5.11 Å². The van der Waals surface area contributed by atoms with Gasteiger partial charge in [-0.25, -0.2) is 9.18 Å². The van der Waals surface area contributed by atoms with E-state index in [4.69, 9.17) is 10.3 Å². The summed E-state index contributed by atoms with van der Waals surface area (Å²) >= 11 is 0. The number of hydrogen-bond acceptors (Lipinski definition) is 4. The van der Waals surface area contributed by atoms with Crippen LogP contribution in [-0.4, -0.2) is 20.2 Å². The summed E-state index contributed by atoms with van der Waals surface area (Å²) < 4.78 is 22.6. The van der Waals surface area contributed by atoms with Crippen LogP contribution in [0.15, 0.2) is 29.0 Å². The van der Waals surface area contributed by atoms with Gasteiger partial charge in [-0.05, 0) is 29.3 Å². The number of methoxy groups -OCH3 is 2. The van der Waals surface area contributed by atoms with Crippen molar-refractivity contribution in [3.63, 3.8) is 0 Å². The first-order valence-corrected chi connectivity index (χ1v) is 4.81. The second-order valence-corrected chi connectivity index (χ2v) is 3.10. The molecule has 0 heterocycles. The highest BCUT2D eigenvalue weighted by Gasteiger charge is 2.08. The van der Waals surface area contributed by atoms with E-state index in [9.17, 15) is 9.18 Å². The maximum atomic E-state index is 13.4. The molecule has 0 aliphatic heterocycles. The molecule has 94 valence electrons. The smallest absolute Gasteiger partial charge is 0.340 e. The van der Waals surface area contributed by atoms with Crippen molar-refractivity contribution in [2.45, 2.75) is 0 Å².